The van der Waals surface area contributed by atoms with Gasteiger partial charge in [0.05, 0.1) is 11.0 Å². The number of carbonyl (C=O) groups excluding carboxylic acids is 2. The van der Waals surface area contributed by atoms with Gasteiger partial charge in [-0.25, -0.2) is 9.97 Å². The molecule has 4 N–H and O–H groups in total. The van der Waals surface area contributed by atoms with Gasteiger partial charge in [0, 0.05) is 24.8 Å². The van der Waals surface area contributed by atoms with Crippen molar-refractivity contribution >= 4 is 45.5 Å². The van der Waals surface area contributed by atoms with Crippen molar-refractivity contribution in [3.05, 3.63) is 54.1 Å². The van der Waals surface area contributed by atoms with E-state index in [2.05, 4.69) is 17.6 Å². The average molecular weight is 445 g/mol. The molecule has 0 radical (unpaired) electrons. The number of nitrogens with one attached hydrogen (secondary N) is 2. The molecular weight excluding hydrogens is 416 g/mol. The Morgan fingerprint density at radius 3 is 2.33 bits per heavy atom. The van der Waals surface area contributed by atoms with Crippen LogP contribution >= 0.6 is 0 Å². The highest BCUT2D eigenvalue weighted by molar-refractivity contribution is 6.11. The molecule has 2 amide bonds. The van der Waals surface area contributed by atoms with E-state index in [9.17, 15) is 9.59 Å². The normalized spacial score (nSPS) is 11.1. The number of unbranched alkanes of at least 4 members (excludes halogenated alkanes) is 3. The zero-order chi connectivity index (χ0) is 23.4. The molecule has 0 fully saturated rings. The van der Waals surface area contributed by atoms with Crippen molar-refractivity contribution in [1.82, 2.24) is 19.9 Å². The van der Waals surface area contributed by atoms with Crippen molar-refractivity contribution in [2.75, 3.05) is 17.6 Å². The molecular formula is C25H28N6O2. The second kappa shape index (κ2) is 9.68. The number of nitrogen functional groups attached to an aromatic ring is 1. The second-order valence-corrected chi connectivity index (χ2v) is 8.02. The van der Waals surface area contributed by atoms with E-state index in [4.69, 9.17) is 15.7 Å². The van der Waals surface area contributed by atoms with Crippen molar-refractivity contribution in [2.24, 2.45) is 0 Å². The van der Waals surface area contributed by atoms with Gasteiger partial charge in [-0.15, -0.1) is 0 Å². The Morgan fingerprint density at radius 2 is 1.67 bits per heavy atom. The number of carbonyl (C=O) groups is 2. The zero-order valence-electron chi connectivity index (χ0n) is 18.9. The van der Waals surface area contributed by atoms with Gasteiger partial charge in [-0.05, 0) is 42.8 Å². The van der Waals surface area contributed by atoms with Crippen LogP contribution in [0.15, 0.2) is 48.5 Å². The van der Waals surface area contributed by atoms with Gasteiger partial charge < -0.3 is 16.4 Å². The lowest BCUT2D eigenvalue weighted by molar-refractivity contribution is -0.114. The largest absolute Gasteiger partial charge is 0.384 e. The van der Waals surface area contributed by atoms with Crippen LogP contribution in [-0.4, -0.2) is 32.9 Å². The predicted octanol–water partition coefficient (Wildman–Crippen LogP) is 4.42. The van der Waals surface area contributed by atoms with Crippen molar-refractivity contribution < 1.29 is 9.59 Å². The Morgan fingerprint density at radius 1 is 0.970 bits per heavy atom. The molecule has 0 aliphatic carbocycles. The lowest BCUT2D eigenvalue weighted by Gasteiger charge is -2.10. The summed E-state index contributed by atoms with van der Waals surface area (Å²) in [7, 11) is 0. The summed E-state index contributed by atoms with van der Waals surface area (Å²) in [6.45, 7) is 4.19. The molecule has 2 aromatic heterocycles. The predicted molar refractivity (Wildman–Crippen MR) is 132 cm³/mol. The average Bonchev–Trinajstić information content (AvgIpc) is 3.08. The molecule has 0 spiro atoms. The minimum atomic E-state index is -0.257. The number of amides is 2. The van der Waals surface area contributed by atoms with Crippen molar-refractivity contribution in [3.63, 3.8) is 0 Å². The van der Waals surface area contributed by atoms with Gasteiger partial charge in [0.25, 0.3) is 5.91 Å². The minimum Gasteiger partial charge on any atom is -0.384 e. The van der Waals surface area contributed by atoms with Gasteiger partial charge >= 0.3 is 0 Å². The van der Waals surface area contributed by atoms with E-state index in [1.54, 1.807) is 16.7 Å². The first-order valence-electron chi connectivity index (χ1n) is 11.2. The number of hydrogen-bond donors (Lipinski definition) is 3. The maximum absolute atomic E-state index is 13.1. The Hall–Kier alpha value is -3.94. The van der Waals surface area contributed by atoms with Crippen LogP contribution in [-0.2, 0) is 4.79 Å². The number of fused-ring (bicyclic) bond motifs is 2. The number of anilines is 2. The summed E-state index contributed by atoms with van der Waals surface area (Å²) in [5.74, 6) is -0.130. The van der Waals surface area contributed by atoms with E-state index in [1.807, 2.05) is 36.4 Å². The molecule has 0 saturated carbocycles. The van der Waals surface area contributed by atoms with Crippen LogP contribution < -0.4 is 16.4 Å². The smallest absolute Gasteiger partial charge is 0.257 e. The molecule has 2 heterocycles. The molecule has 0 unspecified atom stereocenters. The van der Waals surface area contributed by atoms with Crippen molar-refractivity contribution in [3.8, 4) is 5.69 Å². The molecule has 4 aromatic rings. The Balaban J connectivity index is 1.79. The number of nitrogens with two attached hydrogens (primary N) is 1. The molecule has 8 heteroatoms. The summed E-state index contributed by atoms with van der Waals surface area (Å²) in [6.07, 6.45) is 4.26. The van der Waals surface area contributed by atoms with Gasteiger partial charge in [-0.1, -0.05) is 38.3 Å². The third kappa shape index (κ3) is 4.64. The molecule has 0 atom stereocenters. The molecule has 170 valence electrons. The standard InChI is InChI=1S/C25H28N6O2/c1-3-4-5-8-15-27-25(33)21-22-24(30-20-10-7-6-9-19(20)29-22)31(23(21)26)18-13-11-17(12-14-18)28-16(2)32/h6-7,9-14H,3-5,8,15,26H2,1-2H3,(H,27,33)(H,28,32). The molecule has 8 nitrogen and oxygen atoms in total. The van der Waals surface area contributed by atoms with Gasteiger partial charge in [0.2, 0.25) is 5.91 Å². The third-order valence-corrected chi connectivity index (χ3v) is 5.49. The monoisotopic (exact) mass is 444 g/mol. The van der Waals surface area contributed by atoms with E-state index in [0.29, 0.717) is 40.0 Å². The second-order valence-electron chi connectivity index (χ2n) is 8.02. The van der Waals surface area contributed by atoms with Crippen LogP contribution in [0.3, 0.4) is 0 Å². The van der Waals surface area contributed by atoms with E-state index in [0.717, 1.165) is 31.4 Å². The number of hydrogen-bond acceptors (Lipinski definition) is 5. The highest BCUT2D eigenvalue weighted by Crippen LogP contribution is 2.31. The number of aromatic nitrogens is 3. The Bertz CT molecular complexity index is 1310. The summed E-state index contributed by atoms with van der Waals surface area (Å²) < 4.78 is 1.73. The van der Waals surface area contributed by atoms with Crippen molar-refractivity contribution in [2.45, 2.75) is 39.5 Å². The zero-order valence-corrected chi connectivity index (χ0v) is 18.9. The fourth-order valence-electron chi connectivity index (χ4n) is 3.89. The van der Waals surface area contributed by atoms with Crippen LogP contribution in [0.2, 0.25) is 0 Å². The van der Waals surface area contributed by atoms with E-state index in [1.165, 1.54) is 6.92 Å². The molecule has 33 heavy (non-hydrogen) atoms. The van der Waals surface area contributed by atoms with Crippen LogP contribution in [0.4, 0.5) is 11.5 Å². The molecule has 0 bridgehead atoms. The molecule has 4 rings (SSSR count). The highest BCUT2D eigenvalue weighted by atomic mass is 16.2. The first kappa shape index (κ1) is 22.3. The van der Waals surface area contributed by atoms with Gasteiger partial charge in [-0.2, -0.15) is 0 Å². The van der Waals surface area contributed by atoms with E-state index < -0.39 is 0 Å². The molecule has 0 saturated heterocycles. The van der Waals surface area contributed by atoms with Gasteiger partial charge in [-0.3, -0.25) is 14.2 Å². The lowest BCUT2D eigenvalue weighted by Crippen LogP contribution is -2.25. The maximum Gasteiger partial charge on any atom is 0.257 e. The topological polar surface area (TPSA) is 115 Å². The number of nitrogens with zero attached hydrogens (tertiary/aromatic N) is 3. The first-order valence-corrected chi connectivity index (χ1v) is 11.2. The maximum atomic E-state index is 13.1. The SMILES string of the molecule is CCCCCCNC(=O)c1c(N)n(-c2ccc(NC(C)=O)cc2)c2nc3ccccc3nc12. The van der Waals surface area contributed by atoms with Gasteiger partial charge in [0.1, 0.15) is 16.9 Å². The van der Waals surface area contributed by atoms with Crippen LogP contribution in [0.5, 0.6) is 0 Å². The van der Waals surface area contributed by atoms with Gasteiger partial charge in [0.15, 0.2) is 5.65 Å². The first-order chi connectivity index (χ1) is 16.0. The van der Waals surface area contributed by atoms with Crippen molar-refractivity contribution in [1.29, 1.82) is 0 Å². The minimum absolute atomic E-state index is 0.149. The third-order valence-electron chi connectivity index (χ3n) is 5.49. The summed E-state index contributed by atoms with van der Waals surface area (Å²) in [5.41, 5.74) is 10.6. The van der Waals surface area contributed by atoms with Crippen LogP contribution in [0.25, 0.3) is 27.9 Å². The number of para-hydroxylation sites is 2. The quantitative estimate of drug-likeness (QED) is 0.348. The lowest BCUT2D eigenvalue weighted by atomic mass is 10.2. The molecule has 0 aliphatic rings. The Kier molecular flexibility index (Phi) is 6.53. The summed E-state index contributed by atoms with van der Waals surface area (Å²) >= 11 is 0. The van der Waals surface area contributed by atoms with E-state index >= 15 is 0 Å². The van der Waals surface area contributed by atoms with Crippen LogP contribution in [0.1, 0.15) is 49.9 Å². The summed E-state index contributed by atoms with van der Waals surface area (Å²) in [4.78, 5) is 34.0. The molecule has 0 aliphatic heterocycles. The summed E-state index contributed by atoms with van der Waals surface area (Å²) in [6, 6.07) is 14.7. The molecule has 2 aromatic carbocycles. The fourth-order valence-corrected chi connectivity index (χ4v) is 3.89. The van der Waals surface area contributed by atoms with E-state index in [-0.39, 0.29) is 17.6 Å². The fraction of sp³-hybridized carbons (Fsp3) is 0.280. The summed E-state index contributed by atoms with van der Waals surface area (Å²) in [5, 5.41) is 5.74. The number of benzene rings is 2. The van der Waals surface area contributed by atoms with Crippen LogP contribution in [0, 0.1) is 0 Å². The Labute approximate surface area is 192 Å². The number of rotatable bonds is 8. The highest BCUT2D eigenvalue weighted by Gasteiger charge is 2.24.